The van der Waals surface area contributed by atoms with E-state index in [0.29, 0.717) is 6.54 Å². The predicted octanol–water partition coefficient (Wildman–Crippen LogP) is 2.20. The largest absolute Gasteiger partial charge is 0.334 e. The molecule has 1 fully saturated rings. The third kappa shape index (κ3) is 2.93. The fraction of sp³-hybridized carbons (Fsp3) is 0.529. The van der Waals surface area contributed by atoms with Gasteiger partial charge in [0.05, 0.1) is 18.8 Å². The SMILES string of the molecule is Cn1cc(C2CCCN2C(=O)CN2CCc3sccc3C2)cn1. The average molecular weight is 330 g/mol. The third-order valence-electron chi connectivity index (χ3n) is 4.93. The van der Waals surface area contributed by atoms with Crippen LogP contribution in [0.25, 0.3) is 0 Å². The van der Waals surface area contributed by atoms with Crippen molar-refractivity contribution in [2.45, 2.75) is 31.8 Å². The highest BCUT2D eigenvalue weighted by Gasteiger charge is 2.32. The lowest BCUT2D eigenvalue weighted by Crippen LogP contribution is -2.41. The van der Waals surface area contributed by atoms with Crippen molar-refractivity contribution in [2.75, 3.05) is 19.6 Å². The fourth-order valence-electron chi connectivity index (χ4n) is 3.75. The number of aromatic nitrogens is 2. The maximum atomic E-state index is 12.8. The number of hydrogen-bond donors (Lipinski definition) is 0. The smallest absolute Gasteiger partial charge is 0.237 e. The van der Waals surface area contributed by atoms with E-state index in [-0.39, 0.29) is 11.9 Å². The first-order valence-corrected chi connectivity index (χ1v) is 9.14. The number of aryl methyl sites for hydroxylation is 1. The van der Waals surface area contributed by atoms with Gasteiger partial charge < -0.3 is 4.90 Å². The van der Waals surface area contributed by atoms with Crippen LogP contribution in [0.5, 0.6) is 0 Å². The molecule has 2 aromatic heterocycles. The molecule has 0 aliphatic carbocycles. The minimum Gasteiger partial charge on any atom is -0.334 e. The van der Waals surface area contributed by atoms with Gasteiger partial charge in [-0.2, -0.15) is 5.10 Å². The number of likely N-dealkylation sites (tertiary alicyclic amines) is 1. The molecule has 122 valence electrons. The number of rotatable bonds is 3. The monoisotopic (exact) mass is 330 g/mol. The van der Waals surface area contributed by atoms with Crippen molar-refractivity contribution < 1.29 is 4.79 Å². The number of fused-ring (bicyclic) bond motifs is 1. The van der Waals surface area contributed by atoms with Crippen LogP contribution in [0.2, 0.25) is 0 Å². The number of carbonyl (C=O) groups is 1. The zero-order valence-electron chi connectivity index (χ0n) is 13.4. The molecule has 4 heterocycles. The number of carbonyl (C=O) groups excluding carboxylic acids is 1. The Bertz CT molecular complexity index is 707. The van der Waals surface area contributed by atoms with Crippen molar-refractivity contribution in [2.24, 2.45) is 7.05 Å². The van der Waals surface area contributed by atoms with Gasteiger partial charge in [0.15, 0.2) is 0 Å². The molecule has 1 atom stereocenters. The Kier molecular flexibility index (Phi) is 3.95. The average Bonchev–Trinajstić information content (AvgIpc) is 3.26. The molecule has 1 unspecified atom stereocenters. The van der Waals surface area contributed by atoms with Crippen LogP contribution in [0, 0.1) is 0 Å². The highest BCUT2D eigenvalue weighted by molar-refractivity contribution is 7.10. The van der Waals surface area contributed by atoms with Crippen LogP contribution in [0.15, 0.2) is 23.8 Å². The summed E-state index contributed by atoms with van der Waals surface area (Å²) < 4.78 is 1.82. The van der Waals surface area contributed by atoms with Crippen molar-refractivity contribution in [3.63, 3.8) is 0 Å². The van der Waals surface area contributed by atoms with E-state index in [1.54, 1.807) is 0 Å². The van der Waals surface area contributed by atoms with Gasteiger partial charge in [0, 0.05) is 43.3 Å². The molecule has 2 aliphatic rings. The molecule has 0 N–H and O–H groups in total. The second kappa shape index (κ2) is 6.09. The Balaban J connectivity index is 1.42. The van der Waals surface area contributed by atoms with Gasteiger partial charge in [0.2, 0.25) is 5.91 Å². The standard InChI is InChI=1S/C17H22N4OS/c1-19-10-14(9-18-19)15-3-2-6-21(15)17(22)12-20-7-4-16-13(11-20)5-8-23-16/h5,8-10,15H,2-4,6-7,11-12H2,1H3. The maximum absolute atomic E-state index is 12.8. The molecular formula is C17H22N4OS. The first-order valence-electron chi connectivity index (χ1n) is 8.26. The van der Waals surface area contributed by atoms with Crippen molar-refractivity contribution in [1.82, 2.24) is 19.6 Å². The Morgan fingerprint density at radius 3 is 3.17 bits per heavy atom. The fourth-order valence-corrected chi connectivity index (χ4v) is 4.64. The van der Waals surface area contributed by atoms with Crippen LogP contribution in [0.1, 0.15) is 34.9 Å². The van der Waals surface area contributed by atoms with Crippen LogP contribution in [0.3, 0.4) is 0 Å². The van der Waals surface area contributed by atoms with E-state index in [2.05, 4.69) is 26.3 Å². The number of hydrogen-bond acceptors (Lipinski definition) is 4. The van der Waals surface area contributed by atoms with E-state index in [1.807, 2.05) is 35.5 Å². The Morgan fingerprint density at radius 1 is 1.43 bits per heavy atom. The lowest BCUT2D eigenvalue weighted by Gasteiger charge is -2.30. The van der Waals surface area contributed by atoms with Crippen LogP contribution in [0.4, 0.5) is 0 Å². The van der Waals surface area contributed by atoms with Crippen molar-refractivity contribution >= 4 is 17.2 Å². The van der Waals surface area contributed by atoms with Crippen molar-refractivity contribution in [1.29, 1.82) is 0 Å². The summed E-state index contributed by atoms with van der Waals surface area (Å²) in [7, 11) is 1.93. The Hall–Kier alpha value is -1.66. The van der Waals surface area contributed by atoms with Crippen LogP contribution in [-0.2, 0) is 24.8 Å². The second-order valence-electron chi connectivity index (χ2n) is 6.52. The highest BCUT2D eigenvalue weighted by atomic mass is 32.1. The highest BCUT2D eigenvalue weighted by Crippen LogP contribution is 2.32. The van der Waals surface area contributed by atoms with E-state index in [0.717, 1.165) is 44.5 Å². The lowest BCUT2D eigenvalue weighted by atomic mass is 10.1. The first-order chi connectivity index (χ1) is 11.2. The van der Waals surface area contributed by atoms with Gasteiger partial charge >= 0.3 is 0 Å². The quantitative estimate of drug-likeness (QED) is 0.866. The molecule has 0 bridgehead atoms. The minimum absolute atomic E-state index is 0.206. The van der Waals surface area contributed by atoms with Crippen LogP contribution < -0.4 is 0 Å². The van der Waals surface area contributed by atoms with E-state index in [1.165, 1.54) is 10.4 Å². The van der Waals surface area contributed by atoms with Gasteiger partial charge in [0.25, 0.3) is 0 Å². The molecule has 1 amide bonds. The summed E-state index contributed by atoms with van der Waals surface area (Å²) in [6, 6.07) is 2.41. The zero-order valence-corrected chi connectivity index (χ0v) is 14.3. The molecule has 4 rings (SSSR count). The summed E-state index contributed by atoms with van der Waals surface area (Å²) in [6.07, 6.45) is 7.14. The number of thiophene rings is 1. The molecule has 2 aliphatic heterocycles. The van der Waals surface area contributed by atoms with Gasteiger partial charge in [-0.15, -0.1) is 11.3 Å². The van der Waals surface area contributed by atoms with Crippen molar-refractivity contribution in [3.8, 4) is 0 Å². The van der Waals surface area contributed by atoms with Gasteiger partial charge in [0.1, 0.15) is 0 Å². The zero-order chi connectivity index (χ0) is 15.8. The molecule has 0 radical (unpaired) electrons. The Labute approximate surface area is 140 Å². The molecule has 0 saturated carbocycles. The topological polar surface area (TPSA) is 41.4 Å². The van der Waals surface area contributed by atoms with E-state index >= 15 is 0 Å². The summed E-state index contributed by atoms with van der Waals surface area (Å²) in [5.41, 5.74) is 2.57. The van der Waals surface area contributed by atoms with Gasteiger partial charge in [-0.05, 0) is 36.3 Å². The molecule has 5 nitrogen and oxygen atoms in total. The first kappa shape index (κ1) is 14.9. The summed E-state index contributed by atoms with van der Waals surface area (Å²) in [6.45, 7) is 3.31. The van der Waals surface area contributed by atoms with Gasteiger partial charge in [-0.3, -0.25) is 14.4 Å². The lowest BCUT2D eigenvalue weighted by molar-refractivity contribution is -0.133. The maximum Gasteiger partial charge on any atom is 0.237 e. The summed E-state index contributed by atoms with van der Waals surface area (Å²) in [4.78, 5) is 18.6. The molecule has 23 heavy (non-hydrogen) atoms. The molecule has 0 spiro atoms. The molecule has 1 saturated heterocycles. The minimum atomic E-state index is 0.206. The summed E-state index contributed by atoms with van der Waals surface area (Å²) >= 11 is 1.84. The second-order valence-corrected chi connectivity index (χ2v) is 7.52. The van der Waals surface area contributed by atoms with Crippen LogP contribution >= 0.6 is 11.3 Å². The molecule has 2 aromatic rings. The van der Waals surface area contributed by atoms with E-state index < -0.39 is 0 Å². The van der Waals surface area contributed by atoms with Crippen molar-refractivity contribution in [3.05, 3.63) is 39.8 Å². The number of nitrogens with zero attached hydrogens (tertiary/aromatic N) is 4. The predicted molar refractivity (Wildman–Crippen MR) is 90.2 cm³/mol. The van der Waals surface area contributed by atoms with Gasteiger partial charge in [-0.1, -0.05) is 0 Å². The third-order valence-corrected chi connectivity index (χ3v) is 5.95. The van der Waals surface area contributed by atoms with Crippen LogP contribution in [-0.4, -0.2) is 45.1 Å². The molecular weight excluding hydrogens is 308 g/mol. The van der Waals surface area contributed by atoms with E-state index in [9.17, 15) is 4.79 Å². The normalized spacial score (nSPS) is 21.6. The molecule has 0 aromatic carbocycles. The summed E-state index contributed by atoms with van der Waals surface area (Å²) in [5, 5.41) is 6.42. The van der Waals surface area contributed by atoms with Gasteiger partial charge in [-0.25, -0.2) is 0 Å². The molecule has 6 heteroatoms. The Morgan fingerprint density at radius 2 is 2.35 bits per heavy atom. The number of amides is 1. The van der Waals surface area contributed by atoms with E-state index in [4.69, 9.17) is 0 Å². The summed E-state index contributed by atoms with van der Waals surface area (Å²) in [5.74, 6) is 0.259.